The van der Waals surface area contributed by atoms with Gasteiger partial charge in [-0.1, -0.05) is 33.9 Å². The summed E-state index contributed by atoms with van der Waals surface area (Å²) in [7, 11) is -1.96. The lowest BCUT2D eigenvalue weighted by atomic mass is 10.2. The van der Waals surface area contributed by atoms with Crippen molar-refractivity contribution in [3.8, 4) is 6.07 Å². The van der Waals surface area contributed by atoms with Crippen LogP contribution in [0.15, 0.2) is 0 Å². The lowest BCUT2D eigenvalue weighted by Gasteiger charge is -2.43. The lowest BCUT2D eigenvalue weighted by Crippen LogP contribution is -2.47. The first-order chi connectivity index (χ1) is 7.04. The van der Waals surface area contributed by atoms with Gasteiger partial charge in [-0.2, -0.15) is 5.26 Å². The minimum atomic E-state index is -1.96. The molecular formula is C11H20ClNO2Si. The van der Waals surface area contributed by atoms with E-state index in [1.54, 1.807) is 0 Å². The van der Waals surface area contributed by atoms with E-state index < -0.39 is 19.4 Å². The van der Waals surface area contributed by atoms with Crippen molar-refractivity contribution >= 4 is 24.9 Å². The van der Waals surface area contributed by atoms with Crippen LogP contribution in [0.5, 0.6) is 0 Å². The van der Waals surface area contributed by atoms with Crippen molar-refractivity contribution in [1.29, 1.82) is 5.26 Å². The molecule has 0 aliphatic carbocycles. The maximum absolute atomic E-state index is 11.0. The predicted octanol–water partition coefficient (Wildman–Crippen LogP) is 2.91. The van der Waals surface area contributed by atoms with E-state index in [-0.39, 0.29) is 17.0 Å². The summed E-state index contributed by atoms with van der Waals surface area (Å²) in [6.45, 7) is 10.4. The van der Waals surface area contributed by atoms with Crippen LogP contribution < -0.4 is 0 Å². The third kappa shape index (κ3) is 3.58. The summed E-state index contributed by atoms with van der Waals surface area (Å²) in [5, 5.41) is 18.1. The topological polar surface area (TPSA) is 61.1 Å². The first kappa shape index (κ1) is 15.6. The average Bonchev–Trinajstić information content (AvgIpc) is 2.10. The molecule has 0 aliphatic rings. The predicted molar refractivity (Wildman–Crippen MR) is 68.0 cm³/mol. The van der Waals surface area contributed by atoms with E-state index in [1.807, 2.05) is 6.07 Å². The molecule has 0 spiro atoms. The third-order valence-corrected chi connectivity index (χ3v) is 10.1. The Balaban J connectivity index is 5.19. The molecule has 0 saturated heterocycles. The van der Waals surface area contributed by atoms with Crippen LogP contribution in [-0.2, 0) is 4.79 Å². The van der Waals surface area contributed by atoms with Crippen molar-refractivity contribution in [2.24, 2.45) is 0 Å². The van der Waals surface area contributed by atoms with Crippen molar-refractivity contribution in [3.05, 3.63) is 0 Å². The van der Waals surface area contributed by atoms with E-state index in [1.165, 1.54) is 0 Å². The van der Waals surface area contributed by atoms with E-state index in [0.717, 1.165) is 0 Å². The van der Waals surface area contributed by atoms with Crippen LogP contribution in [0.2, 0.25) is 23.7 Å². The summed E-state index contributed by atoms with van der Waals surface area (Å²) in [6, 6.07) is 1.83. The SMILES string of the molecule is CC(C)(C)[Si](C)(C)[C@H](CC(=O)Cl)C(O)C#N. The molecule has 0 aliphatic heterocycles. The molecule has 2 atom stereocenters. The van der Waals surface area contributed by atoms with Crippen LogP contribution in [0.4, 0.5) is 0 Å². The second-order valence-corrected chi connectivity index (χ2v) is 11.8. The van der Waals surface area contributed by atoms with Gasteiger partial charge in [0.25, 0.3) is 0 Å². The Morgan fingerprint density at radius 3 is 2.19 bits per heavy atom. The van der Waals surface area contributed by atoms with Crippen molar-refractivity contribution in [2.45, 2.75) is 57.0 Å². The fraction of sp³-hybridized carbons (Fsp3) is 0.818. The summed E-state index contributed by atoms with van der Waals surface area (Å²) in [6.07, 6.45) is -1.03. The number of aliphatic hydroxyl groups excluding tert-OH is 1. The van der Waals surface area contributed by atoms with Crippen LogP contribution >= 0.6 is 11.6 Å². The largest absolute Gasteiger partial charge is 0.378 e. The van der Waals surface area contributed by atoms with E-state index in [9.17, 15) is 9.90 Å². The van der Waals surface area contributed by atoms with Gasteiger partial charge in [0.1, 0.15) is 6.10 Å². The van der Waals surface area contributed by atoms with E-state index in [4.69, 9.17) is 16.9 Å². The number of hydrogen-bond acceptors (Lipinski definition) is 3. The Labute approximate surface area is 103 Å². The fourth-order valence-corrected chi connectivity index (χ4v) is 4.55. The van der Waals surface area contributed by atoms with Gasteiger partial charge in [0, 0.05) is 12.0 Å². The average molecular weight is 262 g/mol. The molecule has 16 heavy (non-hydrogen) atoms. The highest BCUT2D eigenvalue weighted by Gasteiger charge is 2.45. The van der Waals surface area contributed by atoms with Gasteiger partial charge in [0.15, 0.2) is 0 Å². The number of aliphatic hydroxyl groups is 1. The highest BCUT2D eigenvalue weighted by atomic mass is 35.5. The molecule has 92 valence electrons. The first-order valence-corrected chi connectivity index (χ1v) is 8.75. The van der Waals surface area contributed by atoms with Gasteiger partial charge in [-0.15, -0.1) is 0 Å². The molecule has 0 radical (unpaired) electrons. The lowest BCUT2D eigenvalue weighted by molar-refractivity contribution is -0.112. The van der Waals surface area contributed by atoms with Crippen LogP contribution in [0.1, 0.15) is 27.2 Å². The minimum Gasteiger partial charge on any atom is -0.378 e. The fourth-order valence-electron chi connectivity index (χ4n) is 1.58. The molecule has 3 nitrogen and oxygen atoms in total. The molecule has 0 aromatic rings. The number of rotatable bonds is 4. The second kappa shape index (κ2) is 5.31. The van der Waals surface area contributed by atoms with Gasteiger partial charge in [0.2, 0.25) is 5.24 Å². The van der Waals surface area contributed by atoms with Crippen LogP contribution in [0.25, 0.3) is 0 Å². The number of halogens is 1. The Hall–Kier alpha value is -0.373. The van der Waals surface area contributed by atoms with E-state index in [2.05, 4.69) is 33.9 Å². The zero-order chi connectivity index (χ0) is 13.1. The summed E-state index contributed by atoms with van der Waals surface area (Å²) < 4.78 is 0. The Bertz CT molecular complexity index is 304. The monoisotopic (exact) mass is 261 g/mol. The smallest absolute Gasteiger partial charge is 0.221 e. The normalized spacial score (nSPS) is 16.4. The highest BCUT2D eigenvalue weighted by Crippen LogP contribution is 2.46. The van der Waals surface area contributed by atoms with Gasteiger partial charge in [-0.3, -0.25) is 4.79 Å². The van der Waals surface area contributed by atoms with Crippen LogP contribution in [-0.4, -0.2) is 24.5 Å². The molecule has 0 amide bonds. The highest BCUT2D eigenvalue weighted by molar-refractivity contribution is 6.82. The molecule has 1 unspecified atom stereocenters. The standard InChI is InChI=1S/C11H20ClNO2Si/c1-11(2,3)16(4,5)9(6-10(12)15)8(14)7-13/h8-9,14H,6H2,1-5H3/t8?,9-/m1/s1. The Morgan fingerprint density at radius 1 is 1.50 bits per heavy atom. The van der Waals surface area contributed by atoms with Crippen molar-refractivity contribution < 1.29 is 9.90 Å². The molecule has 0 aromatic carbocycles. The molecule has 5 heteroatoms. The summed E-state index contributed by atoms with van der Waals surface area (Å²) >= 11 is 5.39. The number of nitrogens with zero attached hydrogens (tertiary/aromatic N) is 1. The van der Waals surface area contributed by atoms with Gasteiger partial charge < -0.3 is 5.11 Å². The maximum Gasteiger partial charge on any atom is 0.221 e. The maximum atomic E-state index is 11.0. The van der Waals surface area contributed by atoms with Crippen molar-refractivity contribution in [3.63, 3.8) is 0 Å². The zero-order valence-electron chi connectivity index (χ0n) is 10.5. The Morgan fingerprint density at radius 2 is 1.94 bits per heavy atom. The zero-order valence-corrected chi connectivity index (χ0v) is 12.3. The Kier molecular flexibility index (Phi) is 5.18. The quantitative estimate of drug-likeness (QED) is 0.481. The molecule has 0 fully saturated rings. The molecule has 0 aromatic heterocycles. The summed E-state index contributed by atoms with van der Waals surface area (Å²) in [5.74, 6) is 0. The minimum absolute atomic E-state index is 0.00182. The third-order valence-electron chi connectivity index (χ3n) is 3.75. The first-order valence-electron chi connectivity index (χ1n) is 5.30. The molecule has 1 N–H and O–H groups in total. The number of carbonyl (C=O) groups is 1. The number of hydrogen-bond donors (Lipinski definition) is 1. The van der Waals surface area contributed by atoms with Gasteiger partial charge in [0.05, 0.1) is 14.1 Å². The molecular weight excluding hydrogens is 242 g/mol. The van der Waals surface area contributed by atoms with Crippen LogP contribution in [0, 0.1) is 11.3 Å². The molecule has 0 heterocycles. The van der Waals surface area contributed by atoms with E-state index in [0.29, 0.717) is 0 Å². The van der Waals surface area contributed by atoms with Crippen molar-refractivity contribution in [2.75, 3.05) is 0 Å². The molecule has 0 saturated carbocycles. The van der Waals surface area contributed by atoms with E-state index >= 15 is 0 Å². The van der Waals surface area contributed by atoms with Crippen LogP contribution in [0.3, 0.4) is 0 Å². The number of nitriles is 1. The second-order valence-electron chi connectivity index (χ2n) is 5.71. The summed E-state index contributed by atoms with van der Waals surface area (Å²) in [5.41, 5.74) is -0.317. The van der Waals surface area contributed by atoms with Gasteiger partial charge >= 0.3 is 0 Å². The van der Waals surface area contributed by atoms with Crippen molar-refractivity contribution in [1.82, 2.24) is 0 Å². The van der Waals surface area contributed by atoms with Gasteiger partial charge in [-0.05, 0) is 16.6 Å². The molecule has 0 bridgehead atoms. The molecule has 0 rings (SSSR count). The summed E-state index contributed by atoms with van der Waals surface area (Å²) in [4.78, 5) is 11.0. The number of carbonyl (C=O) groups excluding carboxylic acids is 1. The van der Waals surface area contributed by atoms with Gasteiger partial charge in [-0.25, -0.2) is 0 Å².